The number of ether oxygens (including phenoxy) is 1. The molecule has 1 aromatic carbocycles. The van der Waals surface area contributed by atoms with Crippen molar-refractivity contribution in [1.82, 2.24) is 14.5 Å². The molecule has 0 saturated carbocycles. The van der Waals surface area contributed by atoms with Gasteiger partial charge in [0.2, 0.25) is 0 Å². The van der Waals surface area contributed by atoms with Gasteiger partial charge in [0.25, 0.3) is 0 Å². The van der Waals surface area contributed by atoms with Crippen molar-refractivity contribution < 1.29 is 9.15 Å². The second-order valence-corrected chi connectivity index (χ2v) is 7.29. The van der Waals surface area contributed by atoms with E-state index in [0.717, 1.165) is 56.4 Å². The van der Waals surface area contributed by atoms with E-state index in [9.17, 15) is 0 Å². The lowest BCUT2D eigenvalue weighted by atomic mass is 10.1. The predicted molar refractivity (Wildman–Crippen MR) is 104 cm³/mol. The van der Waals surface area contributed by atoms with E-state index in [1.165, 1.54) is 12.0 Å². The molecule has 27 heavy (non-hydrogen) atoms. The summed E-state index contributed by atoms with van der Waals surface area (Å²) < 4.78 is 14.1. The Balaban J connectivity index is 1.35. The Morgan fingerprint density at radius 2 is 2.00 bits per heavy atom. The minimum atomic E-state index is 0.127. The largest absolute Gasteiger partial charge is 0.462 e. The number of nitrogens with zero attached hydrogens (tertiary/aromatic N) is 3. The number of aromatic nitrogens is 2. The van der Waals surface area contributed by atoms with Crippen molar-refractivity contribution in [2.45, 2.75) is 45.0 Å². The lowest BCUT2D eigenvalue weighted by molar-refractivity contribution is 0.000898. The first kappa shape index (κ1) is 18.0. The lowest BCUT2D eigenvalue weighted by Crippen LogP contribution is -2.20. The van der Waals surface area contributed by atoms with Crippen molar-refractivity contribution in [1.29, 1.82) is 0 Å². The van der Waals surface area contributed by atoms with Gasteiger partial charge in [-0.3, -0.25) is 4.90 Å². The van der Waals surface area contributed by atoms with Gasteiger partial charge in [-0.05, 0) is 44.0 Å². The molecule has 1 aliphatic heterocycles. The summed E-state index contributed by atoms with van der Waals surface area (Å²) in [4.78, 5) is 6.77. The fourth-order valence-electron chi connectivity index (χ4n) is 3.60. The van der Waals surface area contributed by atoms with Crippen LogP contribution >= 0.6 is 0 Å². The van der Waals surface area contributed by atoms with Gasteiger partial charge in [-0.25, -0.2) is 4.98 Å². The van der Waals surface area contributed by atoms with Crippen molar-refractivity contribution in [3.05, 3.63) is 77.8 Å². The van der Waals surface area contributed by atoms with Crippen LogP contribution in [0.2, 0.25) is 0 Å². The zero-order valence-corrected chi connectivity index (χ0v) is 15.9. The molecule has 5 heteroatoms. The molecule has 0 amide bonds. The highest BCUT2D eigenvalue weighted by molar-refractivity contribution is 5.16. The maximum atomic E-state index is 6.04. The Hall–Kier alpha value is -2.37. The van der Waals surface area contributed by atoms with Gasteiger partial charge in [-0.1, -0.05) is 30.3 Å². The lowest BCUT2D eigenvalue weighted by Gasteiger charge is -2.20. The number of hydrogen-bond acceptors (Lipinski definition) is 4. The molecule has 1 aliphatic rings. The first-order valence-electron chi connectivity index (χ1n) is 9.70. The first-order valence-corrected chi connectivity index (χ1v) is 9.70. The summed E-state index contributed by atoms with van der Waals surface area (Å²) in [5, 5.41) is 0. The zero-order valence-electron chi connectivity index (χ0n) is 15.9. The summed E-state index contributed by atoms with van der Waals surface area (Å²) >= 11 is 0. The molecule has 0 bridgehead atoms. The fourth-order valence-corrected chi connectivity index (χ4v) is 3.60. The van der Waals surface area contributed by atoms with Crippen LogP contribution in [0.3, 0.4) is 0 Å². The smallest absolute Gasteiger partial charge is 0.133 e. The summed E-state index contributed by atoms with van der Waals surface area (Å²) in [6.45, 7) is 3.21. The fraction of sp³-hybridized carbons (Fsp3) is 0.409. The first-order chi connectivity index (χ1) is 13.3. The standard InChI is InChI=1S/C22H27N3O2/c1-24(16-19-10-11-21(27-19)20-9-5-6-14-26-20)17-22-23-12-13-25(22)15-18-7-3-2-4-8-18/h2-4,7-8,10-13,20H,5-6,9,14-17H2,1H3. The molecular weight excluding hydrogens is 338 g/mol. The van der Waals surface area contributed by atoms with Gasteiger partial charge in [0.1, 0.15) is 23.4 Å². The number of furan rings is 1. The summed E-state index contributed by atoms with van der Waals surface area (Å²) in [6, 6.07) is 14.6. The molecule has 3 heterocycles. The number of imidazole rings is 1. The van der Waals surface area contributed by atoms with E-state index in [1.807, 2.05) is 18.5 Å². The van der Waals surface area contributed by atoms with E-state index in [-0.39, 0.29) is 6.10 Å². The van der Waals surface area contributed by atoms with Crippen LogP contribution in [0.1, 0.15) is 48.3 Å². The minimum absolute atomic E-state index is 0.127. The van der Waals surface area contributed by atoms with Crippen LogP contribution in [-0.2, 0) is 24.4 Å². The maximum Gasteiger partial charge on any atom is 0.133 e. The maximum absolute atomic E-state index is 6.04. The Bertz CT molecular complexity index is 834. The third kappa shape index (κ3) is 4.67. The van der Waals surface area contributed by atoms with E-state index in [4.69, 9.17) is 9.15 Å². The molecule has 3 aromatic rings. The Labute approximate surface area is 160 Å². The molecule has 2 aromatic heterocycles. The van der Waals surface area contributed by atoms with Crippen molar-refractivity contribution in [2.75, 3.05) is 13.7 Å². The molecule has 1 atom stereocenters. The molecule has 4 rings (SSSR count). The van der Waals surface area contributed by atoms with Crippen LogP contribution in [0.5, 0.6) is 0 Å². The van der Waals surface area contributed by atoms with Crippen LogP contribution in [0, 0.1) is 0 Å². The van der Waals surface area contributed by atoms with Gasteiger partial charge in [-0.15, -0.1) is 0 Å². The normalized spacial score (nSPS) is 17.5. The van der Waals surface area contributed by atoms with Crippen molar-refractivity contribution in [2.24, 2.45) is 0 Å². The van der Waals surface area contributed by atoms with E-state index >= 15 is 0 Å². The van der Waals surface area contributed by atoms with E-state index in [2.05, 4.69) is 57.9 Å². The molecule has 1 saturated heterocycles. The summed E-state index contributed by atoms with van der Waals surface area (Å²) in [7, 11) is 2.10. The highest BCUT2D eigenvalue weighted by atomic mass is 16.5. The molecule has 0 spiro atoms. The van der Waals surface area contributed by atoms with Crippen LogP contribution in [0.15, 0.2) is 59.3 Å². The third-order valence-electron chi connectivity index (χ3n) is 5.01. The van der Waals surface area contributed by atoms with Crippen LogP contribution in [0.4, 0.5) is 0 Å². The molecule has 1 fully saturated rings. The zero-order chi connectivity index (χ0) is 18.5. The van der Waals surface area contributed by atoms with Crippen molar-refractivity contribution in [3.8, 4) is 0 Å². The number of benzene rings is 1. The van der Waals surface area contributed by atoms with Crippen LogP contribution in [-0.4, -0.2) is 28.1 Å². The summed E-state index contributed by atoms with van der Waals surface area (Å²) in [5.41, 5.74) is 1.28. The molecule has 142 valence electrons. The van der Waals surface area contributed by atoms with Crippen molar-refractivity contribution in [3.63, 3.8) is 0 Å². The van der Waals surface area contributed by atoms with Gasteiger partial charge in [-0.2, -0.15) is 0 Å². The van der Waals surface area contributed by atoms with Gasteiger partial charge < -0.3 is 13.7 Å². The second kappa shape index (κ2) is 8.55. The summed E-state index contributed by atoms with van der Waals surface area (Å²) in [5.74, 6) is 3.00. The molecule has 5 nitrogen and oxygen atoms in total. The quantitative estimate of drug-likeness (QED) is 0.622. The van der Waals surface area contributed by atoms with Crippen molar-refractivity contribution >= 4 is 0 Å². The SMILES string of the molecule is CN(Cc1ccc(C2CCCCO2)o1)Cc1nccn1Cc1ccccc1. The Kier molecular flexibility index (Phi) is 5.70. The molecule has 0 N–H and O–H groups in total. The Morgan fingerprint density at radius 3 is 2.81 bits per heavy atom. The Morgan fingerprint density at radius 1 is 1.11 bits per heavy atom. The summed E-state index contributed by atoms with van der Waals surface area (Å²) in [6.07, 6.45) is 7.47. The minimum Gasteiger partial charge on any atom is -0.462 e. The molecule has 0 aliphatic carbocycles. The van der Waals surface area contributed by atoms with E-state index in [0.29, 0.717) is 0 Å². The van der Waals surface area contributed by atoms with Gasteiger partial charge >= 0.3 is 0 Å². The van der Waals surface area contributed by atoms with Gasteiger partial charge in [0.15, 0.2) is 0 Å². The van der Waals surface area contributed by atoms with Crippen LogP contribution in [0.25, 0.3) is 0 Å². The van der Waals surface area contributed by atoms with Gasteiger partial charge in [0.05, 0.1) is 13.1 Å². The van der Waals surface area contributed by atoms with Gasteiger partial charge in [0, 0.05) is 25.5 Å². The highest BCUT2D eigenvalue weighted by Crippen LogP contribution is 2.29. The average molecular weight is 365 g/mol. The monoisotopic (exact) mass is 365 g/mol. The average Bonchev–Trinajstić information content (AvgIpc) is 3.33. The highest BCUT2D eigenvalue weighted by Gasteiger charge is 2.20. The van der Waals surface area contributed by atoms with E-state index in [1.54, 1.807) is 0 Å². The predicted octanol–water partition coefficient (Wildman–Crippen LogP) is 4.40. The molecular formula is C22H27N3O2. The number of hydrogen-bond donors (Lipinski definition) is 0. The molecule has 1 unspecified atom stereocenters. The third-order valence-corrected chi connectivity index (χ3v) is 5.01. The van der Waals surface area contributed by atoms with E-state index < -0.39 is 0 Å². The number of rotatable bonds is 7. The second-order valence-electron chi connectivity index (χ2n) is 7.29. The van der Waals surface area contributed by atoms with Crippen LogP contribution < -0.4 is 0 Å². The topological polar surface area (TPSA) is 43.4 Å². The molecule has 0 radical (unpaired) electrons.